The van der Waals surface area contributed by atoms with Crippen LogP contribution in [-0.4, -0.2) is 40.0 Å². The number of rotatable bonds is 7. The molecule has 0 saturated carbocycles. The maximum absolute atomic E-state index is 11.7. The second-order valence-corrected chi connectivity index (χ2v) is 5.82. The van der Waals surface area contributed by atoms with Crippen molar-refractivity contribution in [3.05, 3.63) is 16.1 Å². The van der Waals surface area contributed by atoms with Crippen molar-refractivity contribution >= 4 is 35.0 Å². The molecular formula is C11H16N2O3S2. The topological polar surface area (TPSA) is 79.3 Å². The van der Waals surface area contributed by atoms with E-state index in [-0.39, 0.29) is 12.3 Å². The second-order valence-electron chi connectivity index (χ2n) is 3.77. The van der Waals surface area contributed by atoms with E-state index in [1.807, 2.05) is 18.6 Å². The molecule has 1 aromatic rings. The third-order valence-corrected chi connectivity index (χ3v) is 3.72. The van der Waals surface area contributed by atoms with Gasteiger partial charge in [0.1, 0.15) is 6.04 Å². The lowest BCUT2D eigenvalue weighted by atomic mass is 10.2. The highest BCUT2D eigenvalue weighted by molar-refractivity contribution is 7.98. The Morgan fingerprint density at radius 1 is 1.61 bits per heavy atom. The van der Waals surface area contributed by atoms with Gasteiger partial charge >= 0.3 is 5.97 Å². The number of hydrogen-bond acceptors (Lipinski definition) is 5. The third-order valence-electron chi connectivity index (χ3n) is 2.25. The van der Waals surface area contributed by atoms with E-state index >= 15 is 0 Å². The van der Waals surface area contributed by atoms with Gasteiger partial charge in [0.15, 0.2) is 0 Å². The highest BCUT2D eigenvalue weighted by Gasteiger charge is 2.19. The number of carbonyl (C=O) groups excluding carboxylic acids is 1. The maximum atomic E-state index is 11.7. The Hall–Kier alpha value is -1.08. The molecule has 100 valence electrons. The van der Waals surface area contributed by atoms with E-state index < -0.39 is 12.0 Å². The van der Waals surface area contributed by atoms with Gasteiger partial charge in [-0.15, -0.1) is 11.3 Å². The molecule has 1 rings (SSSR count). The number of aryl methyl sites for hydroxylation is 1. The number of aromatic nitrogens is 1. The van der Waals surface area contributed by atoms with Gasteiger partial charge in [0.05, 0.1) is 17.1 Å². The van der Waals surface area contributed by atoms with Gasteiger partial charge in [0, 0.05) is 5.38 Å². The van der Waals surface area contributed by atoms with Gasteiger partial charge in [0.2, 0.25) is 5.91 Å². The average Bonchev–Trinajstić information content (AvgIpc) is 2.69. The van der Waals surface area contributed by atoms with Crippen LogP contribution in [0.2, 0.25) is 0 Å². The van der Waals surface area contributed by atoms with Crippen LogP contribution < -0.4 is 5.32 Å². The van der Waals surface area contributed by atoms with E-state index in [0.717, 1.165) is 5.01 Å². The molecule has 0 spiro atoms. The zero-order valence-corrected chi connectivity index (χ0v) is 11.9. The number of nitrogens with zero attached hydrogens (tertiary/aromatic N) is 1. The van der Waals surface area contributed by atoms with Crippen LogP contribution in [0, 0.1) is 6.92 Å². The summed E-state index contributed by atoms with van der Waals surface area (Å²) in [5, 5.41) is 14.2. The Kier molecular flexibility index (Phi) is 6.14. The van der Waals surface area contributed by atoms with Gasteiger partial charge in [-0.1, -0.05) is 0 Å². The van der Waals surface area contributed by atoms with Crippen molar-refractivity contribution in [2.45, 2.75) is 25.8 Å². The fourth-order valence-corrected chi connectivity index (χ4v) is 2.48. The number of thiazole rings is 1. The zero-order valence-electron chi connectivity index (χ0n) is 10.3. The number of amides is 1. The fourth-order valence-electron chi connectivity index (χ4n) is 1.39. The molecule has 0 bridgehead atoms. The van der Waals surface area contributed by atoms with Crippen LogP contribution in [0.3, 0.4) is 0 Å². The van der Waals surface area contributed by atoms with Crippen LogP contribution in [0.4, 0.5) is 0 Å². The highest BCUT2D eigenvalue weighted by Crippen LogP contribution is 2.08. The number of thioether (sulfide) groups is 1. The lowest BCUT2D eigenvalue weighted by Crippen LogP contribution is -2.41. The summed E-state index contributed by atoms with van der Waals surface area (Å²) in [6, 6.07) is -0.815. The first-order valence-corrected chi connectivity index (χ1v) is 7.72. The van der Waals surface area contributed by atoms with Gasteiger partial charge in [-0.3, -0.25) is 4.79 Å². The zero-order chi connectivity index (χ0) is 13.5. The maximum Gasteiger partial charge on any atom is 0.326 e. The van der Waals surface area contributed by atoms with Crippen molar-refractivity contribution < 1.29 is 14.7 Å². The second kappa shape index (κ2) is 7.38. The first kappa shape index (κ1) is 15.0. The first-order chi connectivity index (χ1) is 8.52. The molecule has 1 aromatic heterocycles. The number of carboxylic acid groups (broad SMARTS) is 1. The molecule has 0 radical (unpaired) electrons. The van der Waals surface area contributed by atoms with E-state index in [2.05, 4.69) is 10.3 Å². The lowest BCUT2D eigenvalue weighted by molar-refractivity contribution is -0.141. The van der Waals surface area contributed by atoms with Crippen molar-refractivity contribution in [1.29, 1.82) is 0 Å². The molecule has 7 heteroatoms. The molecule has 0 aromatic carbocycles. The molecule has 1 atom stereocenters. The molecule has 18 heavy (non-hydrogen) atoms. The first-order valence-electron chi connectivity index (χ1n) is 5.45. The standard InChI is InChI=1S/C11H16N2O3S2/c1-7-12-8(6-18-7)5-10(14)13-9(11(15)16)3-4-17-2/h6,9H,3-5H2,1-2H3,(H,13,14)(H,15,16). The van der Waals surface area contributed by atoms with Gasteiger partial charge < -0.3 is 10.4 Å². The Balaban J connectivity index is 2.48. The minimum Gasteiger partial charge on any atom is -0.480 e. The van der Waals surface area contributed by atoms with Crippen LogP contribution in [0.5, 0.6) is 0 Å². The minimum atomic E-state index is -0.994. The minimum absolute atomic E-state index is 0.132. The monoisotopic (exact) mass is 288 g/mol. The summed E-state index contributed by atoms with van der Waals surface area (Å²) in [5.74, 6) is -0.590. The van der Waals surface area contributed by atoms with Crippen molar-refractivity contribution in [3.63, 3.8) is 0 Å². The molecule has 0 aliphatic carbocycles. The normalized spacial score (nSPS) is 12.1. The van der Waals surface area contributed by atoms with Gasteiger partial charge in [0.25, 0.3) is 0 Å². The number of carbonyl (C=O) groups is 2. The van der Waals surface area contributed by atoms with E-state index in [9.17, 15) is 9.59 Å². The Morgan fingerprint density at radius 3 is 2.83 bits per heavy atom. The summed E-state index contributed by atoms with van der Waals surface area (Å²) >= 11 is 3.03. The third kappa shape index (κ3) is 5.05. The van der Waals surface area contributed by atoms with Gasteiger partial charge in [-0.2, -0.15) is 11.8 Å². The van der Waals surface area contributed by atoms with Crippen LogP contribution >= 0.6 is 23.1 Å². The predicted molar refractivity (Wildman–Crippen MR) is 73.1 cm³/mol. The number of aliphatic carboxylic acids is 1. The molecule has 2 N–H and O–H groups in total. The Labute approximate surface area is 114 Å². The molecule has 0 fully saturated rings. The summed E-state index contributed by atoms with van der Waals surface area (Å²) in [4.78, 5) is 26.8. The molecule has 1 unspecified atom stereocenters. The van der Waals surface area contributed by atoms with Crippen LogP contribution in [0.15, 0.2) is 5.38 Å². The van der Waals surface area contributed by atoms with Crippen molar-refractivity contribution in [3.8, 4) is 0 Å². The summed E-state index contributed by atoms with van der Waals surface area (Å²) < 4.78 is 0. The van der Waals surface area contributed by atoms with E-state index in [1.165, 1.54) is 11.3 Å². The molecule has 5 nitrogen and oxygen atoms in total. The number of hydrogen-bond donors (Lipinski definition) is 2. The van der Waals surface area contributed by atoms with Crippen molar-refractivity contribution in [2.24, 2.45) is 0 Å². The quantitative estimate of drug-likeness (QED) is 0.791. The molecule has 0 aliphatic rings. The average molecular weight is 288 g/mol. The number of nitrogens with one attached hydrogen (secondary N) is 1. The Bertz CT molecular complexity index is 420. The SMILES string of the molecule is CSCCC(NC(=O)Cc1csc(C)n1)C(=O)O. The molecule has 1 amide bonds. The predicted octanol–water partition coefficient (Wildman–Crippen LogP) is 1.32. The largest absolute Gasteiger partial charge is 0.480 e. The smallest absolute Gasteiger partial charge is 0.326 e. The van der Waals surface area contributed by atoms with Crippen LogP contribution in [0.25, 0.3) is 0 Å². The highest BCUT2D eigenvalue weighted by atomic mass is 32.2. The van der Waals surface area contributed by atoms with Gasteiger partial charge in [-0.05, 0) is 25.4 Å². The number of carboxylic acids is 1. The van der Waals surface area contributed by atoms with E-state index in [0.29, 0.717) is 17.9 Å². The van der Waals surface area contributed by atoms with E-state index in [4.69, 9.17) is 5.11 Å². The summed E-state index contributed by atoms with van der Waals surface area (Å²) in [7, 11) is 0. The Morgan fingerprint density at radius 2 is 2.33 bits per heavy atom. The van der Waals surface area contributed by atoms with E-state index in [1.54, 1.807) is 11.8 Å². The molecule has 1 heterocycles. The van der Waals surface area contributed by atoms with Gasteiger partial charge in [-0.25, -0.2) is 9.78 Å². The van der Waals surface area contributed by atoms with Crippen molar-refractivity contribution in [1.82, 2.24) is 10.3 Å². The van der Waals surface area contributed by atoms with Crippen LogP contribution in [0.1, 0.15) is 17.1 Å². The van der Waals surface area contributed by atoms with Crippen molar-refractivity contribution in [2.75, 3.05) is 12.0 Å². The van der Waals surface area contributed by atoms with Crippen LogP contribution in [-0.2, 0) is 16.0 Å². The molecule has 0 saturated heterocycles. The summed E-state index contributed by atoms with van der Waals surface area (Å²) in [5.41, 5.74) is 0.684. The summed E-state index contributed by atoms with van der Waals surface area (Å²) in [6.07, 6.45) is 2.46. The lowest BCUT2D eigenvalue weighted by Gasteiger charge is -2.13. The summed E-state index contributed by atoms with van der Waals surface area (Å²) in [6.45, 7) is 1.87. The fraction of sp³-hybridized carbons (Fsp3) is 0.545. The molecular weight excluding hydrogens is 272 g/mol. The molecule has 0 aliphatic heterocycles.